The Balaban J connectivity index is 1.59. The molecule has 0 radical (unpaired) electrons. The van der Waals surface area contributed by atoms with E-state index in [1.165, 1.54) is 0 Å². The van der Waals surface area contributed by atoms with Gasteiger partial charge in [0.25, 0.3) is 0 Å². The molecule has 4 rings (SSSR count). The highest BCUT2D eigenvalue weighted by atomic mass is 16.5. The molecule has 1 aromatic carbocycles. The molecule has 0 saturated carbocycles. The summed E-state index contributed by atoms with van der Waals surface area (Å²) in [6.07, 6.45) is 13.4. The zero-order valence-electron chi connectivity index (χ0n) is 12.0. The molecule has 22 heavy (non-hydrogen) atoms. The smallest absolute Gasteiger partial charge is 0.168 e. The van der Waals surface area contributed by atoms with Gasteiger partial charge in [0.1, 0.15) is 18.6 Å². The third-order valence-electron chi connectivity index (χ3n) is 3.92. The fraction of sp³-hybridized carbons (Fsp3) is 0.167. The summed E-state index contributed by atoms with van der Waals surface area (Å²) in [6.45, 7) is 0. The summed E-state index contributed by atoms with van der Waals surface area (Å²) in [5, 5.41) is 4.22. The van der Waals surface area contributed by atoms with Crippen molar-refractivity contribution >= 4 is 6.21 Å². The zero-order chi connectivity index (χ0) is 14.8. The fourth-order valence-corrected chi connectivity index (χ4v) is 2.77. The van der Waals surface area contributed by atoms with E-state index >= 15 is 0 Å². The summed E-state index contributed by atoms with van der Waals surface area (Å²) in [7, 11) is 0. The van der Waals surface area contributed by atoms with Crippen LogP contribution in [0.5, 0.6) is 0 Å². The minimum atomic E-state index is -0.135. The molecule has 3 aliphatic rings. The van der Waals surface area contributed by atoms with E-state index in [0.717, 1.165) is 41.1 Å². The topological polar surface area (TPSA) is 42.8 Å². The standard InChI is InChI=1S/C18H16N2O2/c1-2-6-13(7-3-1)16-11-21-12-17(22-16)18-15-9-5-4-8-14(15)10-19-20-18/h1-2,4-6,8-12,18,20H,3,7H2/t18-/m0/s1. The first-order valence-corrected chi connectivity index (χ1v) is 7.39. The van der Waals surface area contributed by atoms with E-state index in [9.17, 15) is 0 Å². The third-order valence-corrected chi connectivity index (χ3v) is 3.92. The van der Waals surface area contributed by atoms with Gasteiger partial charge in [-0.05, 0) is 24.0 Å². The molecule has 4 heteroatoms. The maximum Gasteiger partial charge on any atom is 0.168 e. The maximum absolute atomic E-state index is 6.08. The van der Waals surface area contributed by atoms with E-state index in [-0.39, 0.29) is 6.04 Å². The van der Waals surface area contributed by atoms with Crippen LogP contribution >= 0.6 is 0 Å². The summed E-state index contributed by atoms with van der Waals surface area (Å²) in [5.41, 5.74) is 6.48. The van der Waals surface area contributed by atoms with Gasteiger partial charge in [-0.2, -0.15) is 5.10 Å². The Labute approximate surface area is 129 Å². The lowest BCUT2D eigenvalue weighted by atomic mass is 9.98. The van der Waals surface area contributed by atoms with Gasteiger partial charge in [0.05, 0.1) is 6.21 Å². The van der Waals surface area contributed by atoms with Crippen LogP contribution in [0.2, 0.25) is 0 Å². The lowest BCUT2D eigenvalue weighted by Crippen LogP contribution is -2.25. The number of nitrogens with zero attached hydrogens (tertiary/aromatic N) is 1. The molecule has 1 N–H and O–H groups in total. The molecule has 1 atom stereocenters. The van der Waals surface area contributed by atoms with Crippen molar-refractivity contribution in [1.82, 2.24) is 5.43 Å². The zero-order valence-corrected chi connectivity index (χ0v) is 12.0. The quantitative estimate of drug-likeness (QED) is 0.904. The first kappa shape index (κ1) is 13.0. The minimum Gasteiger partial charge on any atom is -0.465 e. The van der Waals surface area contributed by atoms with E-state index in [1.54, 1.807) is 12.5 Å². The van der Waals surface area contributed by atoms with Crippen LogP contribution in [0.1, 0.15) is 30.0 Å². The van der Waals surface area contributed by atoms with Gasteiger partial charge in [0.15, 0.2) is 11.5 Å². The number of hydrazone groups is 1. The van der Waals surface area contributed by atoms with Crippen LogP contribution < -0.4 is 5.43 Å². The van der Waals surface area contributed by atoms with E-state index in [2.05, 4.69) is 34.8 Å². The average Bonchev–Trinajstić information content (AvgIpc) is 2.62. The van der Waals surface area contributed by atoms with E-state index in [4.69, 9.17) is 9.47 Å². The summed E-state index contributed by atoms with van der Waals surface area (Å²) < 4.78 is 11.6. The molecule has 0 saturated heterocycles. The highest BCUT2D eigenvalue weighted by Crippen LogP contribution is 2.33. The van der Waals surface area contributed by atoms with Gasteiger partial charge in [-0.15, -0.1) is 0 Å². The number of allylic oxidation sites excluding steroid dienone is 4. The molecule has 0 fully saturated rings. The Morgan fingerprint density at radius 1 is 1.18 bits per heavy atom. The van der Waals surface area contributed by atoms with Crippen molar-refractivity contribution in [2.75, 3.05) is 0 Å². The lowest BCUT2D eigenvalue weighted by Gasteiger charge is -2.27. The second-order valence-electron chi connectivity index (χ2n) is 5.35. The highest BCUT2D eigenvalue weighted by Gasteiger charge is 2.26. The third kappa shape index (κ3) is 2.33. The van der Waals surface area contributed by atoms with Crippen LogP contribution in [0.3, 0.4) is 0 Å². The van der Waals surface area contributed by atoms with Crippen LogP contribution in [0, 0.1) is 0 Å². The molecular formula is C18H16N2O2. The van der Waals surface area contributed by atoms with Crippen LogP contribution in [-0.2, 0) is 9.47 Å². The number of benzene rings is 1. The number of hydrogen-bond acceptors (Lipinski definition) is 4. The predicted molar refractivity (Wildman–Crippen MR) is 84.7 cm³/mol. The Morgan fingerprint density at radius 2 is 2.14 bits per heavy atom. The van der Waals surface area contributed by atoms with Crippen molar-refractivity contribution < 1.29 is 9.47 Å². The molecule has 2 aliphatic heterocycles. The molecule has 0 aromatic heterocycles. The van der Waals surface area contributed by atoms with Crippen LogP contribution in [-0.4, -0.2) is 6.21 Å². The first-order chi connectivity index (χ1) is 10.9. The van der Waals surface area contributed by atoms with Gasteiger partial charge >= 0.3 is 0 Å². The van der Waals surface area contributed by atoms with Crippen molar-refractivity contribution in [3.05, 3.63) is 83.2 Å². The Kier molecular flexibility index (Phi) is 3.27. The molecule has 0 bridgehead atoms. The Morgan fingerprint density at radius 3 is 3.05 bits per heavy atom. The molecule has 1 aliphatic carbocycles. The molecule has 1 aromatic rings. The predicted octanol–water partition coefficient (Wildman–Crippen LogP) is 3.67. The molecule has 0 spiro atoms. The van der Waals surface area contributed by atoms with Crippen LogP contribution in [0.15, 0.2) is 77.2 Å². The minimum absolute atomic E-state index is 0.135. The Hall–Kier alpha value is -2.75. The lowest BCUT2D eigenvalue weighted by molar-refractivity contribution is 0.201. The molecule has 2 heterocycles. The fourth-order valence-electron chi connectivity index (χ4n) is 2.77. The van der Waals surface area contributed by atoms with Gasteiger partial charge < -0.3 is 9.47 Å². The second kappa shape index (κ2) is 5.56. The molecule has 0 amide bonds. The average molecular weight is 292 g/mol. The number of nitrogens with one attached hydrogen (secondary N) is 1. The number of rotatable bonds is 2. The van der Waals surface area contributed by atoms with Crippen LogP contribution in [0.4, 0.5) is 0 Å². The van der Waals surface area contributed by atoms with Crippen molar-refractivity contribution in [2.45, 2.75) is 18.9 Å². The van der Waals surface area contributed by atoms with Crippen LogP contribution in [0.25, 0.3) is 0 Å². The van der Waals surface area contributed by atoms with Gasteiger partial charge in [-0.3, -0.25) is 5.43 Å². The monoisotopic (exact) mass is 292 g/mol. The highest BCUT2D eigenvalue weighted by molar-refractivity contribution is 5.83. The van der Waals surface area contributed by atoms with Crippen molar-refractivity contribution in [3.63, 3.8) is 0 Å². The summed E-state index contributed by atoms with van der Waals surface area (Å²) in [4.78, 5) is 0. The number of hydrogen-bond donors (Lipinski definition) is 1. The summed E-state index contributed by atoms with van der Waals surface area (Å²) >= 11 is 0. The largest absolute Gasteiger partial charge is 0.465 e. The first-order valence-electron chi connectivity index (χ1n) is 7.39. The SMILES string of the molecule is C1=CCCC(C2=COC=C([C@H]3NN=Cc4ccccc43)O2)=C1. The number of ether oxygens (including phenoxy) is 2. The van der Waals surface area contributed by atoms with Gasteiger partial charge in [-0.25, -0.2) is 0 Å². The van der Waals surface area contributed by atoms with E-state index < -0.39 is 0 Å². The normalized spacial score (nSPS) is 22.4. The Bertz CT molecular complexity index is 741. The van der Waals surface area contributed by atoms with Crippen molar-refractivity contribution in [3.8, 4) is 0 Å². The van der Waals surface area contributed by atoms with Gasteiger partial charge in [-0.1, -0.05) is 42.5 Å². The number of fused-ring (bicyclic) bond motifs is 1. The van der Waals surface area contributed by atoms with Crippen molar-refractivity contribution in [2.24, 2.45) is 5.10 Å². The molecule has 4 nitrogen and oxygen atoms in total. The van der Waals surface area contributed by atoms with Crippen molar-refractivity contribution in [1.29, 1.82) is 0 Å². The van der Waals surface area contributed by atoms with Gasteiger partial charge in [0, 0.05) is 5.56 Å². The summed E-state index contributed by atoms with van der Waals surface area (Å²) in [5.74, 6) is 1.49. The second-order valence-corrected chi connectivity index (χ2v) is 5.35. The summed E-state index contributed by atoms with van der Waals surface area (Å²) in [6, 6.07) is 8.00. The maximum atomic E-state index is 6.08. The van der Waals surface area contributed by atoms with E-state index in [1.807, 2.05) is 24.4 Å². The molecule has 110 valence electrons. The molecular weight excluding hydrogens is 276 g/mol. The molecule has 0 unspecified atom stereocenters. The van der Waals surface area contributed by atoms with E-state index in [0.29, 0.717) is 0 Å². The van der Waals surface area contributed by atoms with Gasteiger partial charge in [0.2, 0.25) is 0 Å².